The lowest BCUT2D eigenvalue weighted by molar-refractivity contribution is 0.332. The van der Waals surface area contributed by atoms with E-state index < -0.39 is 0 Å². The van der Waals surface area contributed by atoms with E-state index in [0.29, 0.717) is 11.5 Å². The molecular formula is C17H28ClN. The van der Waals surface area contributed by atoms with Crippen LogP contribution >= 0.6 is 11.6 Å². The fourth-order valence-electron chi connectivity index (χ4n) is 2.29. The van der Waals surface area contributed by atoms with Crippen molar-refractivity contribution in [2.75, 3.05) is 6.54 Å². The van der Waals surface area contributed by atoms with Gasteiger partial charge in [-0.3, -0.25) is 0 Å². The normalized spacial score (nSPS) is 13.6. The van der Waals surface area contributed by atoms with E-state index in [2.05, 4.69) is 52.1 Å². The third-order valence-electron chi connectivity index (χ3n) is 3.43. The van der Waals surface area contributed by atoms with E-state index in [1.165, 1.54) is 30.4 Å². The molecule has 0 aromatic heterocycles. The molecule has 0 fully saturated rings. The van der Waals surface area contributed by atoms with Gasteiger partial charge in [0.05, 0.1) is 0 Å². The zero-order valence-corrected chi connectivity index (χ0v) is 13.8. The van der Waals surface area contributed by atoms with E-state index in [1.807, 2.05) is 6.07 Å². The number of benzene rings is 1. The number of hydrogen-bond donors (Lipinski definition) is 1. The summed E-state index contributed by atoms with van der Waals surface area (Å²) in [6.07, 6.45) is 3.56. The van der Waals surface area contributed by atoms with Crippen LogP contribution in [-0.2, 0) is 0 Å². The van der Waals surface area contributed by atoms with Gasteiger partial charge in [0, 0.05) is 11.1 Å². The Labute approximate surface area is 123 Å². The number of aryl methyl sites for hydroxylation is 1. The molecular weight excluding hydrogens is 254 g/mol. The van der Waals surface area contributed by atoms with Gasteiger partial charge >= 0.3 is 0 Å². The second-order valence-corrected chi connectivity index (χ2v) is 7.04. The summed E-state index contributed by atoms with van der Waals surface area (Å²) in [4.78, 5) is 0. The van der Waals surface area contributed by atoms with Gasteiger partial charge in [0.2, 0.25) is 0 Å². The Balaban J connectivity index is 2.83. The van der Waals surface area contributed by atoms with Gasteiger partial charge in [0.15, 0.2) is 0 Å². The van der Waals surface area contributed by atoms with Crippen LogP contribution in [0, 0.1) is 12.3 Å². The molecule has 108 valence electrons. The molecule has 0 amide bonds. The molecule has 0 heterocycles. The van der Waals surface area contributed by atoms with Crippen LogP contribution in [-0.4, -0.2) is 6.54 Å². The third kappa shape index (κ3) is 5.97. The fourth-order valence-corrected chi connectivity index (χ4v) is 2.52. The second kappa shape index (κ2) is 7.31. The molecule has 1 aromatic rings. The minimum absolute atomic E-state index is 0.381. The molecule has 1 nitrogen and oxygen atoms in total. The highest BCUT2D eigenvalue weighted by Crippen LogP contribution is 2.29. The molecule has 1 atom stereocenters. The van der Waals surface area contributed by atoms with Crippen LogP contribution < -0.4 is 5.32 Å². The lowest BCUT2D eigenvalue weighted by Gasteiger charge is -2.25. The summed E-state index contributed by atoms with van der Waals surface area (Å²) in [6.45, 7) is 12.3. The number of nitrogens with one attached hydrogen (secondary N) is 1. The van der Waals surface area contributed by atoms with Gasteiger partial charge < -0.3 is 5.32 Å². The molecule has 1 N–H and O–H groups in total. The minimum atomic E-state index is 0.381. The van der Waals surface area contributed by atoms with Gasteiger partial charge in [-0.05, 0) is 61.4 Å². The van der Waals surface area contributed by atoms with E-state index in [-0.39, 0.29) is 0 Å². The third-order valence-corrected chi connectivity index (χ3v) is 3.67. The smallest absolute Gasteiger partial charge is 0.0408 e. The molecule has 0 saturated carbocycles. The number of rotatable bonds is 6. The van der Waals surface area contributed by atoms with Crippen LogP contribution in [0.4, 0.5) is 0 Å². The average Bonchev–Trinajstić information content (AvgIpc) is 2.29. The second-order valence-electron chi connectivity index (χ2n) is 6.61. The van der Waals surface area contributed by atoms with Crippen molar-refractivity contribution in [3.05, 3.63) is 34.3 Å². The van der Waals surface area contributed by atoms with Crippen molar-refractivity contribution in [3.63, 3.8) is 0 Å². The Hall–Kier alpha value is -0.530. The van der Waals surface area contributed by atoms with E-state index in [4.69, 9.17) is 11.6 Å². The maximum absolute atomic E-state index is 6.06. The first kappa shape index (κ1) is 16.5. The molecule has 0 aliphatic rings. The summed E-state index contributed by atoms with van der Waals surface area (Å²) in [5.41, 5.74) is 3.06. The Morgan fingerprint density at radius 3 is 2.47 bits per heavy atom. The lowest BCUT2D eigenvalue weighted by atomic mass is 9.86. The quantitative estimate of drug-likeness (QED) is 0.724. The van der Waals surface area contributed by atoms with Crippen LogP contribution in [0.25, 0.3) is 0 Å². The summed E-state index contributed by atoms with van der Waals surface area (Å²) in [5.74, 6) is 0. The zero-order valence-electron chi connectivity index (χ0n) is 13.0. The van der Waals surface area contributed by atoms with E-state index >= 15 is 0 Å². The van der Waals surface area contributed by atoms with Crippen LogP contribution in [0.5, 0.6) is 0 Å². The Bertz CT molecular complexity index is 393. The van der Waals surface area contributed by atoms with Gasteiger partial charge in [-0.1, -0.05) is 45.4 Å². The summed E-state index contributed by atoms with van der Waals surface area (Å²) < 4.78 is 0. The van der Waals surface area contributed by atoms with Crippen molar-refractivity contribution in [1.29, 1.82) is 0 Å². The predicted octanol–water partition coefficient (Wildman–Crippen LogP) is 5.52. The highest BCUT2D eigenvalue weighted by molar-refractivity contribution is 6.30. The first-order valence-electron chi connectivity index (χ1n) is 7.33. The van der Waals surface area contributed by atoms with E-state index in [9.17, 15) is 0 Å². The fraction of sp³-hybridized carbons (Fsp3) is 0.647. The molecule has 0 radical (unpaired) electrons. The lowest BCUT2D eigenvalue weighted by Crippen LogP contribution is -2.24. The van der Waals surface area contributed by atoms with E-state index in [1.54, 1.807) is 0 Å². The molecule has 0 aliphatic carbocycles. The van der Waals surface area contributed by atoms with Crippen LogP contribution in [0.2, 0.25) is 5.02 Å². The van der Waals surface area contributed by atoms with Crippen molar-refractivity contribution in [2.45, 2.75) is 59.9 Å². The zero-order chi connectivity index (χ0) is 14.5. The summed E-state index contributed by atoms with van der Waals surface area (Å²) >= 11 is 6.06. The minimum Gasteiger partial charge on any atom is -0.310 e. The summed E-state index contributed by atoms with van der Waals surface area (Å²) in [7, 11) is 0. The molecule has 1 unspecified atom stereocenters. The van der Waals surface area contributed by atoms with Crippen molar-refractivity contribution in [3.8, 4) is 0 Å². The number of halogens is 1. The van der Waals surface area contributed by atoms with Crippen LogP contribution in [0.15, 0.2) is 18.2 Å². The molecule has 0 aliphatic heterocycles. The highest BCUT2D eigenvalue weighted by Gasteiger charge is 2.17. The molecule has 0 spiro atoms. The molecule has 19 heavy (non-hydrogen) atoms. The first-order chi connectivity index (χ1) is 8.83. The van der Waals surface area contributed by atoms with Crippen molar-refractivity contribution in [1.82, 2.24) is 5.32 Å². The monoisotopic (exact) mass is 281 g/mol. The molecule has 1 aromatic carbocycles. The maximum Gasteiger partial charge on any atom is 0.0408 e. The van der Waals surface area contributed by atoms with Crippen molar-refractivity contribution < 1.29 is 0 Å². The van der Waals surface area contributed by atoms with Gasteiger partial charge in [-0.15, -0.1) is 0 Å². The largest absolute Gasteiger partial charge is 0.310 e. The SMILES string of the molecule is CCCNC(CCC(C)(C)C)c1ccc(Cl)cc1C. The molecule has 2 heteroatoms. The topological polar surface area (TPSA) is 12.0 Å². The predicted molar refractivity (Wildman–Crippen MR) is 85.9 cm³/mol. The van der Waals surface area contributed by atoms with Gasteiger partial charge in [-0.2, -0.15) is 0 Å². The average molecular weight is 282 g/mol. The Morgan fingerprint density at radius 2 is 1.95 bits per heavy atom. The Morgan fingerprint density at radius 1 is 1.26 bits per heavy atom. The van der Waals surface area contributed by atoms with Gasteiger partial charge in [0.25, 0.3) is 0 Å². The maximum atomic E-state index is 6.06. The van der Waals surface area contributed by atoms with Crippen molar-refractivity contribution in [2.24, 2.45) is 5.41 Å². The molecule has 1 rings (SSSR count). The van der Waals surface area contributed by atoms with Gasteiger partial charge in [-0.25, -0.2) is 0 Å². The molecule has 0 saturated heterocycles. The van der Waals surface area contributed by atoms with Crippen LogP contribution in [0.1, 0.15) is 64.1 Å². The standard InChI is InChI=1S/C17H28ClN/c1-6-11-19-16(9-10-17(3,4)5)15-8-7-14(18)12-13(15)2/h7-8,12,16,19H,6,9-11H2,1-5H3. The first-order valence-corrected chi connectivity index (χ1v) is 7.70. The Kier molecular flexibility index (Phi) is 6.35. The molecule has 0 bridgehead atoms. The van der Waals surface area contributed by atoms with Crippen molar-refractivity contribution >= 4 is 11.6 Å². The summed E-state index contributed by atoms with van der Waals surface area (Å²) in [5, 5.41) is 4.50. The highest BCUT2D eigenvalue weighted by atomic mass is 35.5. The number of hydrogen-bond acceptors (Lipinski definition) is 1. The van der Waals surface area contributed by atoms with Gasteiger partial charge in [0.1, 0.15) is 0 Å². The summed E-state index contributed by atoms with van der Waals surface area (Å²) in [6, 6.07) is 6.68. The van der Waals surface area contributed by atoms with E-state index in [0.717, 1.165) is 11.6 Å². The van der Waals surface area contributed by atoms with Crippen LogP contribution in [0.3, 0.4) is 0 Å².